The Hall–Kier alpha value is -1.93. The highest BCUT2D eigenvalue weighted by Gasteiger charge is 2.25. The van der Waals surface area contributed by atoms with E-state index in [-0.39, 0.29) is 11.3 Å². The van der Waals surface area contributed by atoms with E-state index in [1.165, 1.54) is 16.4 Å². The van der Waals surface area contributed by atoms with E-state index in [0.717, 1.165) is 31.1 Å². The molecule has 114 valence electrons. The topological polar surface area (TPSA) is 86.7 Å². The molecule has 0 unspecified atom stereocenters. The van der Waals surface area contributed by atoms with Crippen molar-refractivity contribution in [3.63, 3.8) is 0 Å². The minimum atomic E-state index is -3.66. The van der Waals surface area contributed by atoms with Gasteiger partial charge in [-0.05, 0) is 37.1 Å². The van der Waals surface area contributed by atoms with Gasteiger partial charge in [0, 0.05) is 24.7 Å². The fourth-order valence-corrected chi connectivity index (χ4v) is 3.32. The van der Waals surface area contributed by atoms with Gasteiger partial charge in [0.15, 0.2) is 0 Å². The Morgan fingerprint density at radius 2 is 2.00 bits per heavy atom. The third-order valence-corrected chi connectivity index (χ3v) is 4.60. The molecule has 0 spiro atoms. The van der Waals surface area contributed by atoms with Crippen LogP contribution in [0.4, 0.5) is 10.1 Å². The molecule has 0 aromatic heterocycles. The van der Waals surface area contributed by atoms with Gasteiger partial charge in [-0.2, -0.15) is 12.7 Å². The predicted octanol–water partition coefficient (Wildman–Crippen LogP) is 1.68. The molecular formula is C13H15FN2O4S. The fraction of sp³-hybridized carbons (Fsp3) is 0.308. The van der Waals surface area contributed by atoms with E-state index in [2.05, 4.69) is 4.72 Å². The van der Waals surface area contributed by atoms with Crippen LogP contribution >= 0.6 is 0 Å². The van der Waals surface area contributed by atoms with Gasteiger partial charge in [0.25, 0.3) is 0 Å². The summed E-state index contributed by atoms with van der Waals surface area (Å²) in [5.74, 6) is -1.89. The first-order chi connectivity index (χ1) is 9.88. The number of hydrogen-bond acceptors (Lipinski definition) is 3. The van der Waals surface area contributed by atoms with Gasteiger partial charge < -0.3 is 5.11 Å². The van der Waals surface area contributed by atoms with Crippen molar-refractivity contribution in [1.82, 2.24) is 4.31 Å². The number of anilines is 1. The molecule has 0 atom stereocenters. The average molecular weight is 314 g/mol. The number of hydrogen-bond donors (Lipinski definition) is 2. The van der Waals surface area contributed by atoms with Crippen LogP contribution in [0.2, 0.25) is 0 Å². The second-order valence-electron chi connectivity index (χ2n) is 4.62. The number of halogens is 1. The largest absolute Gasteiger partial charge is 0.478 e. The number of nitrogens with zero attached hydrogens (tertiary/aromatic N) is 1. The molecule has 1 saturated heterocycles. The predicted molar refractivity (Wildman–Crippen MR) is 76.4 cm³/mol. The molecule has 0 radical (unpaired) electrons. The zero-order valence-corrected chi connectivity index (χ0v) is 11.9. The van der Waals surface area contributed by atoms with Gasteiger partial charge in [-0.25, -0.2) is 9.18 Å². The average Bonchev–Trinajstić information content (AvgIpc) is 2.91. The summed E-state index contributed by atoms with van der Waals surface area (Å²) >= 11 is 0. The summed E-state index contributed by atoms with van der Waals surface area (Å²) in [5, 5.41) is 8.49. The highest BCUT2D eigenvalue weighted by molar-refractivity contribution is 7.90. The zero-order chi connectivity index (χ0) is 15.5. The minimum absolute atomic E-state index is 0.0709. The molecule has 0 saturated carbocycles. The molecule has 1 aliphatic heterocycles. The Morgan fingerprint density at radius 3 is 2.57 bits per heavy atom. The number of nitrogens with one attached hydrogen (secondary N) is 1. The molecule has 1 aromatic carbocycles. The monoisotopic (exact) mass is 314 g/mol. The van der Waals surface area contributed by atoms with Crippen molar-refractivity contribution >= 4 is 27.9 Å². The van der Waals surface area contributed by atoms with Crippen LogP contribution in [0.1, 0.15) is 18.4 Å². The molecule has 0 aliphatic carbocycles. The first-order valence-corrected chi connectivity index (χ1v) is 7.81. The van der Waals surface area contributed by atoms with Crippen LogP contribution in [0.5, 0.6) is 0 Å². The van der Waals surface area contributed by atoms with Gasteiger partial charge in [-0.15, -0.1) is 0 Å². The van der Waals surface area contributed by atoms with E-state index >= 15 is 0 Å². The van der Waals surface area contributed by atoms with Crippen molar-refractivity contribution < 1.29 is 22.7 Å². The summed E-state index contributed by atoms with van der Waals surface area (Å²) in [7, 11) is -3.66. The molecule has 2 N–H and O–H groups in total. The normalized spacial score (nSPS) is 16.4. The van der Waals surface area contributed by atoms with Crippen LogP contribution in [0.3, 0.4) is 0 Å². The van der Waals surface area contributed by atoms with Gasteiger partial charge in [0.2, 0.25) is 0 Å². The summed E-state index contributed by atoms with van der Waals surface area (Å²) in [6, 6.07) is 3.73. The van der Waals surface area contributed by atoms with Crippen LogP contribution in [-0.4, -0.2) is 36.9 Å². The maximum Gasteiger partial charge on any atom is 0.328 e. The third-order valence-electron chi connectivity index (χ3n) is 3.06. The Kier molecular flexibility index (Phi) is 4.59. The number of benzene rings is 1. The van der Waals surface area contributed by atoms with E-state index in [1.54, 1.807) is 0 Å². The lowest BCUT2D eigenvalue weighted by Crippen LogP contribution is -2.33. The first-order valence-electron chi connectivity index (χ1n) is 6.37. The highest BCUT2D eigenvalue weighted by atomic mass is 32.2. The number of aliphatic carboxylic acids is 1. The Bertz CT molecular complexity index is 667. The van der Waals surface area contributed by atoms with E-state index in [1.807, 2.05) is 0 Å². The zero-order valence-electron chi connectivity index (χ0n) is 11.1. The first kappa shape index (κ1) is 15.5. The smallest absolute Gasteiger partial charge is 0.328 e. The molecule has 8 heteroatoms. The van der Waals surface area contributed by atoms with Gasteiger partial charge >= 0.3 is 16.2 Å². The van der Waals surface area contributed by atoms with Crippen LogP contribution in [0.25, 0.3) is 6.08 Å². The van der Waals surface area contributed by atoms with Crippen molar-refractivity contribution in [3.8, 4) is 0 Å². The molecule has 2 rings (SSSR count). The van der Waals surface area contributed by atoms with Gasteiger partial charge in [0.05, 0.1) is 5.69 Å². The highest BCUT2D eigenvalue weighted by Crippen LogP contribution is 2.20. The van der Waals surface area contributed by atoms with Gasteiger partial charge in [-0.3, -0.25) is 4.72 Å². The number of carboxylic acids is 1. The van der Waals surface area contributed by atoms with Crippen LogP contribution in [0.15, 0.2) is 24.3 Å². The number of rotatable bonds is 5. The van der Waals surface area contributed by atoms with Crippen LogP contribution < -0.4 is 4.72 Å². The summed E-state index contributed by atoms with van der Waals surface area (Å²) in [6.07, 6.45) is 3.55. The van der Waals surface area contributed by atoms with Crippen molar-refractivity contribution in [2.45, 2.75) is 12.8 Å². The van der Waals surface area contributed by atoms with Crippen molar-refractivity contribution in [2.75, 3.05) is 17.8 Å². The quantitative estimate of drug-likeness (QED) is 0.810. The Morgan fingerprint density at radius 1 is 1.33 bits per heavy atom. The lowest BCUT2D eigenvalue weighted by atomic mass is 10.2. The molecular weight excluding hydrogens is 299 g/mol. The van der Waals surface area contributed by atoms with E-state index in [4.69, 9.17) is 5.11 Å². The fourth-order valence-electron chi connectivity index (χ4n) is 2.03. The Balaban J connectivity index is 2.15. The lowest BCUT2D eigenvalue weighted by Gasteiger charge is -2.17. The second-order valence-corrected chi connectivity index (χ2v) is 6.29. The lowest BCUT2D eigenvalue weighted by molar-refractivity contribution is -0.131. The SMILES string of the molecule is O=C(O)C=Cc1ccc(NS(=O)(=O)N2CCCC2)cc1F. The molecule has 0 amide bonds. The summed E-state index contributed by atoms with van der Waals surface area (Å²) in [6.45, 7) is 0.911. The van der Waals surface area contributed by atoms with Crippen molar-refractivity contribution in [3.05, 3.63) is 35.7 Å². The van der Waals surface area contributed by atoms with Crippen molar-refractivity contribution in [2.24, 2.45) is 0 Å². The van der Waals surface area contributed by atoms with E-state index in [0.29, 0.717) is 13.1 Å². The molecule has 21 heavy (non-hydrogen) atoms. The molecule has 6 nitrogen and oxygen atoms in total. The van der Waals surface area contributed by atoms with E-state index in [9.17, 15) is 17.6 Å². The standard InChI is InChI=1S/C13H15FN2O4S/c14-12-9-11(5-3-10(12)4-6-13(17)18)15-21(19,20)16-7-1-2-8-16/h3-6,9,15H,1-2,7-8H2,(H,17,18). The van der Waals surface area contributed by atoms with Gasteiger partial charge in [0.1, 0.15) is 5.82 Å². The second kappa shape index (κ2) is 6.23. The summed E-state index contributed by atoms with van der Waals surface area (Å²) in [4.78, 5) is 10.4. The summed E-state index contributed by atoms with van der Waals surface area (Å²) in [5.41, 5.74) is 0.174. The number of carboxylic acid groups (broad SMARTS) is 1. The minimum Gasteiger partial charge on any atom is -0.478 e. The number of carbonyl (C=O) groups is 1. The van der Waals surface area contributed by atoms with Crippen LogP contribution in [0, 0.1) is 5.82 Å². The molecule has 0 bridgehead atoms. The van der Waals surface area contributed by atoms with Crippen molar-refractivity contribution in [1.29, 1.82) is 0 Å². The molecule has 1 aliphatic rings. The van der Waals surface area contributed by atoms with Crippen LogP contribution in [-0.2, 0) is 15.0 Å². The van der Waals surface area contributed by atoms with Gasteiger partial charge in [-0.1, -0.05) is 0 Å². The Labute approximate surface area is 122 Å². The third kappa shape index (κ3) is 4.02. The molecule has 1 heterocycles. The molecule has 1 fully saturated rings. The molecule has 1 aromatic rings. The summed E-state index contributed by atoms with van der Waals surface area (Å²) < 4.78 is 41.4. The van der Waals surface area contributed by atoms with E-state index < -0.39 is 22.0 Å². The maximum absolute atomic E-state index is 13.8. The maximum atomic E-state index is 13.8.